The van der Waals surface area contributed by atoms with Gasteiger partial charge in [0.1, 0.15) is 11.6 Å². The van der Waals surface area contributed by atoms with Crippen LogP contribution in [0.5, 0.6) is 0 Å². The first-order valence-electron chi connectivity index (χ1n) is 11.3. The van der Waals surface area contributed by atoms with Crippen LogP contribution >= 0.6 is 0 Å². The van der Waals surface area contributed by atoms with E-state index in [0.717, 1.165) is 5.56 Å². The van der Waals surface area contributed by atoms with Crippen LogP contribution in [-0.4, -0.2) is 62.7 Å². The summed E-state index contributed by atoms with van der Waals surface area (Å²) >= 11 is 0. The first kappa shape index (κ1) is 23.7. The summed E-state index contributed by atoms with van der Waals surface area (Å²) < 4.78 is 25.4. The highest BCUT2D eigenvalue weighted by Gasteiger charge is 2.22. The van der Waals surface area contributed by atoms with Crippen molar-refractivity contribution in [1.29, 1.82) is 0 Å². The first-order valence-corrected chi connectivity index (χ1v) is 11.3. The Balaban J connectivity index is 1.41. The lowest BCUT2D eigenvalue weighted by Crippen LogP contribution is -2.44. The highest BCUT2D eigenvalue weighted by Crippen LogP contribution is 2.24. The van der Waals surface area contributed by atoms with Crippen molar-refractivity contribution in [3.63, 3.8) is 0 Å². The third kappa shape index (κ3) is 5.89. The molecule has 0 spiro atoms. The smallest absolute Gasteiger partial charge is 0.251 e. The maximum Gasteiger partial charge on any atom is 0.251 e. The number of amides is 2. The Morgan fingerprint density at radius 3 is 2.62 bits per heavy atom. The van der Waals surface area contributed by atoms with Crippen molar-refractivity contribution in [3.8, 4) is 11.1 Å². The lowest BCUT2D eigenvalue weighted by atomic mass is 10.0. The fourth-order valence-corrected chi connectivity index (χ4v) is 4.00. The summed E-state index contributed by atoms with van der Waals surface area (Å²) in [5.74, 6) is -0.482. The SMILES string of the molecule is COC1=CCC(NC(=O)c2ccc(-c3ccccc3)c(F)c2)C=C1NC(=O)CN1CCOCC1. The van der Waals surface area contributed by atoms with E-state index in [1.54, 1.807) is 18.2 Å². The molecule has 1 heterocycles. The number of halogens is 1. The fourth-order valence-electron chi connectivity index (χ4n) is 4.00. The second kappa shape index (κ2) is 11.1. The van der Waals surface area contributed by atoms with Gasteiger partial charge in [-0.2, -0.15) is 0 Å². The van der Waals surface area contributed by atoms with Crippen LogP contribution in [0, 0.1) is 5.82 Å². The van der Waals surface area contributed by atoms with Gasteiger partial charge in [0.05, 0.1) is 38.6 Å². The average molecular weight is 466 g/mol. The number of benzene rings is 2. The molecule has 1 aliphatic heterocycles. The molecule has 2 amide bonds. The quantitative estimate of drug-likeness (QED) is 0.658. The number of ether oxygens (including phenoxy) is 2. The molecule has 0 saturated carbocycles. The number of nitrogens with zero attached hydrogens (tertiary/aromatic N) is 1. The topological polar surface area (TPSA) is 79.9 Å². The van der Waals surface area contributed by atoms with E-state index in [0.29, 0.717) is 49.7 Å². The number of hydrogen-bond acceptors (Lipinski definition) is 5. The molecule has 8 heteroatoms. The zero-order valence-corrected chi connectivity index (χ0v) is 19.1. The van der Waals surface area contributed by atoms with Gasteiger partial charge in [0.15, 0.2) is 0 Å². The van der Waals surface area contributed by atoms with Gasteiger partial charge in [-0.1, -0.05) is 36.4 Å². The highest BCUT2D eigenvalue weighted by atomic mass is 19.1. The molecule has 4 rings (SSSR count). The Bertz CT molecular complexity index is 1090. The maximum absolute atomic E-state index is 14.7. The molecule has 178 valence electrons. The summed E-state index contributed by atoms with van der Waals surface area (Å²) in [7, 11) is 1.53. The van der Waals surface area contributed by atoms with Crippen molar-refractivity contribution in [2.24, 2.45) is 0 Å². The molecule has 0 radical (unpaired) electrons. The number of hydrogen-bond donors (Lipinski definition) is 2. The lowest BCUT2D eigenvalue weighted by Gasteiger charge is -2.27. The van der Waals surface area contributed by atoms with Gasteiger partial charge in [-0.25, -0.2) is 4.39 Å². The molecule has 1 atom stereocenters. The second-order valence-corrected chi connectivity index (χ2v) is 8.17. The Hall–Kier alpha value is -3.49. The molecule has 2 N–H and O–H groups in total. The van der Waals surface area contributed by atoms with Crippen LogP contribution in [0.15, 0.2) is 72.1 Å². The number of carbonyl (C=O) groups is 2. The average Bonchev–Trinajstić information content (AvgIpc) is 2.85. The predicted molar refractivity (Wildman–Crippen MR) is 126 cm³/mol. The standard InChI is InChI=1S/C26H28FN3O4/c1-33-24-10-8-20(16-23(24)29-25(31)17-30-11-13-34-14-12-30)28-26(32)19-7-9-21(22(27)15-19)18-5-3-2-4-6-18/h2-7,9-10,15-16,20H,8,11-14,17H2,1H3,(H,28,32)(H,29,31). The molecule has 0 aromatic heterocycles. The van der Waals surface area contributed by atoms with Gasteiger partial charge in [-0.15, -0.1) is 0 Å². The van der Waals surface area contributed by atoms with Gasteiger partial charge in [-0.3, -0.25) is 14.5 Å². The minimum Gasteiger partial charge on any atom is -0.495 e. The van der Waals surface area contributed by atoms with Gasteiger partial charge >= 0.3 is 0 Å². The Labute approximate surface area is 198 Å². The lowest BCUT2D eigenvalue weighted by molar-refractivity contribution is -0.122. The van der Waals surface area contributed by atoms with Gasteiger partial charge in [0.2, 0.25) is 5.91 Å². The van der Waals surface area contributed by atoms with E-state index in [9.17, 15) is 14.0 Å². The molecular weight excluding hydrogens is 437 g/mol. The number of morpholine rings is 1. The van der Waals surface area contributed by atoms with E-state index in [-0.39, 0.29) is 24.1 Å². The Morgan fingerprint density at radius 1 is 1.15 bits per heavy atom. The predicted octanol–water partition coefficient (Wildman–Crippen LogP) is 2.86. The summed E-state index contributed by atoms with van der Waals surface area (Å²) in [6.07, 6.45) is 4.05. The largest absolute Gasteiger partial charge is 0.495 e. The van der Waals surface area contributed by atoms with Crippen molar-refractivity contribution in [1.82, 2.24) is 15.5 Å². The van der Waals surface area contributed by atoms with E-state index in [4.69, 9.17) is 9.47 Å². The number of carbonyl (C=O) groups excluding carboxylic acids is 2. The Kier molecular flexibility index (Phi) is 7.72. The summed E-state index contributed by atoms with van der Waals surface area (Å²) in [6.45, 7) is 2.89. The first-order chi connectivity index (χ1) is 16.5. The molecule has 34 heavy (non-hydrogen) atoms. The number of rotatable bonds is 7. The van der Waals surface area contributed by atoms with Crippen molar-refractivity contribution < 1.29 is 23.5 Å². The zero-order chi connectivity index (χ0) is 23.9. The van der Waals surface area contributed by atoms with Gasteiger partial charge in [0, 0.05) is 24.2 Å². The minimum absolute atomic E-state index is 0.165. The van der Waals surface area contributed by atoms with Crippen LogP contribution in [0.4, 0.5) is 4.39 Å². The molecule has 2 aromatic carbocycles. The van der Waals surface area contributed by atoms with Crippen LogP contribution in [0.1, 0.15) is 16.8 Å². The third-order valence-corrected chi connectivity index (χ3v) is 5.79. The summed E-state index contributed by atoms with van der Waals surface area (Å²) in [4.78, 5) is 27.3. The van der Waals surface area contributed by atoms with E-state index in [1.165, 1.54) is 13.2 Å². The molecule has 2 aliphatic rings. The van der Waals surface area contributed by atoms with Crippen LogP contribution in [0.25, 0.3) is 11.1 Å². The summed E-state index contributed by atoms with van der Waals surface area (Å²) in [6, 6.07) is 13.3. The maximum atomic E-state index is 14.7. The number of nitrogens with one attached hydrogen (secondary N) is 2. The van der Waals surface area contributed by atoms with E-state index >= 15 is 0 Å². The summed E-state index contributed by atoms with van der Waals surface area (Å²) in [5, 5.41) is 5.77. The zero-order valence-electron chi connectivity index (χ0n) is 19.1. The number of methoxy groups -OCH3 is 1. The van der Waals surface area contributed by atoms with Crippen molar-refractivity contribution >= 4 is 11.8 Å². The van der Waals surface area contributed by atoms with Crippen LogP contribution in [0.2, 0.25) is 0 Å². The monoisotopic (exact) mass is 465 g/mol. The molecule has 2 aromatic rings. The molecule has 0 bridgehead atoms. The molecule has 1 fully saturated rings. The molecule has 1 unspecified atom stereocenters. The summed E-state index contributed by atoms with van der Waals surface area (Å²) in [5.41, 5.74) is 1.91. The minimum atomic E-state index is -0.462. The van der Waals surface area contributed by atoms with Crippen molar-refractivity contribution in [2.75, 3.05) is 40.0 Å². The molecular formula is C26H28FN3O4. The van der Waals surface area contributed by atoms with E-state index in [2.05, 4.69) is 10.6 Å². The van der Waals surface area contributed by atoms with Crippen molar-refractivity contribution in [2.45, 2.75) is 12.5 Å². The van der Waals surface area contributed by atoms with E-state index in [1.807, 2.05) is 41.3 Å². The van der Waals surface area contributed by atoms with Gasteiger partial charge in [-0.05, 0) is 36.3 Å². The van der Waals surface area contributed by atoms with Crippen LogP contribution in [0.3, 0.4) is 0 Å². The van der Waals surface area contributed by atoms with E-state index < -0.39 is 11.7 Å². The third-order valence-electron chi connectivity index (χ3n) is 5.79. The fraction of sp³-hybridized carbons (Fsp3) is 0.308. The van der Waals surface area contributed by atoms with Crippen LogP contribution in [-0.2, 0) is 14.3 Å². The Morgan fingerprint density at radius 2 is 1.91 bits per heavy atom. The van der Waals surface area contributed by atoms with Gasteiger partial charge in [0.25, 0.3) is 5.91 Å². The normalized spacial score (nSPS) is 18.5. The van der Waals surface area contributed by atoms with Gasteiger partial charge < -0.3 is 20.1 Å². The molecule has 7 nitrogen and oxygen atoms in total. The molecule has 1 saturated heterocycles. The van der Waals surface area contributed by atoms with Crippen molar-refractivity contribution in [3.05, 3.63) is 83.5 Å². The van der Waals surface area contributed by atoms with Crippen LogP contribution < -0.4 is 10.6 Å². The highest BCUT2D eigenvalue weighted by molar-refractivity contribution is 5.95. The molecule has 1 aliphatic carbocycles. The second-order valence-electron chi connectivity index (χ2n) is 8.17.